The number of nitrogens with one attached hydrogen (secondary N) is 1. The number of hydrogen-bond donors (Lipinski definition) is 1. The van der Waals surface area contributed by atoms with Crippen LogP contribution in [0, 0.1) is 11.7 Å². The molecular formula is C23H18ClF4N5O3S. The number of benzene rings is 1. The van der Waals surface area contributed by atoms with Crippen molar-refractivity contribution in [1.29, 1.82) is 0 Å². The van der Waals surface area contributed by atoms with Gasteiger partial charge >= 0.3 is 6.18 Å². The van der Waals surface area contributed by atoms with Crippen molar-refractivity contribution in [3.05, 3.63) is 71.2 Å². The average Bonchev–Trinajstić information content (AvgIpc) is 3.40. The van der Waals surface area contributed by atoms with Crippen molar-refractivity contribution >= 4 is 27.5 Å². The Labute approximate surface area is 213 Å². The van der Waals surface area contributed by atoms with Crippen molar-refractivity contribution in [3.8, 4) is 11.3 Å². The topological polar surface area (TPSA) is 105 Å². The molecule has 1 N–H and O–H groups in total. The SMILES string of the molecule is O=C(NCc1cc(Cl)nc(-c2cnc(C(F)(F)F)nc2)c1)[C@@H]1C2CC(C2)N1S(=O)(=O)c1ccc(F)cc1. The fourth-order valence-electron chi connectivity index (χ4n) is 4.63. The fourth-order valence-corrected chi connectivity index (χ4v) is 6.72. The number of hydrogen-bond acceptors (Lipinski definition) is 6. The molecule has 3 fully saturated rings. The summed E-state index contributed by atoms with van der Waals surface area (Å²) in [5.41, 5.74) is 0.881. The van der Waals surface area contributed by atoms with E-state index in [1.807, 2.05) is 0 Å². The van der Waals surface area contributed by atoms with Crippen LogP contribution in [0.3, 0.4) is 0 Å². The predicted molar refractivity (Wildman–Crippen MR) is 123 cm³/mol. The molecule has 0 radical (unpaired) electrons. The summed E-state index contributed by atoms with van der Waals surface area (Å²) in [6.07, 6.45) is -1.63. The highest BCUT2D eigenvalue weighted by Crippen LogP contribution is 2.48. The van der Waals surface area contributed by atoms with Gasteiger partial charge in [0.1, 0.15) is 17.0 Å². The summed E-state index contributed by atoms with van der Waals surface area (Å²) in [5.74, 6) is -2.50. The number of carbonyl (C=O) groups excluding carboxylic acids is 1. The van der Waals surface area contributed by atoms with Crippen molar-refractivity contribution in [2.24, 2.45) is 5.92 Å². The third-order valence-corrected chi connectivity index (χ3v) is 8.55. The van der Waals surface area contributed by atoms with Crippen molar-refractivity contribution in [1.82, 2.24) is 24.6 Å². The zero-order valence-electron chi connectivity index (χ0n) is 18.8. The minimum Gasteiger partial charge on any atom is -0.351 e. The molecule has 2 aromatic heterocycles. The molecule has 37 heavy (non-hydrogen) atoms. The van der Waals surface area contributed by atoms with Crippen LogP contribution in [0.5, 0.6) is 0 Å². The first-order chi connectivity index (χ1) is 17.4. The van der Waals surface area contributed by atoms with Gasteiger partial charge in [-0.1, -0.05) is 11.6 Å². The molecule has 1 aliphatic carbocycles. The number of fused-ring (bicyclic) bond motifs is 1. The summed E-state index contributed by atoms with van der Waals surface area (Å²) in [6.45, 7) is -0.0338. The molecule has 3 aliphatic rings. The Hall–Kier alpha value is -3.16. The lowest BCUT2D eigenvalue weighted by molar-refractivity contribution is -0.145. The molecule has 2 bridgehead atoms. The van der Waals surface area contributed by atoms with Gasteiger partial charge in [0.2, 0.25) is 21.8 Å². The highest BCUT2D eigenvalue weighted by molar-refractivity contribution is 7.89. The van der Waals surface area contributed by atoms with Crippen LogP contribution in [-0.4, -0.2) is 45.7 Å². The predicted octanol–water partition coefficient (Wildman–Crippen LogP) is 3.82. The first-order valence-corrected chi connectivity index (χ1v) is 12.9. The first kappa shape index (κ1) is 25.5. The molecule has 1 amide bonds. The summed E-state index contributed by atoms with van der Waals surface area (Å²) in [7, 11) is -4.02. The number of amides is 1. The molecule has 0 spiro atoms. The summed E-state index contributed by atoms with van der Waals surface area (Å²) >= 11 is 6.08. The van der Waals surface area contributed by atoms with E-state index in [9.17, 15) is 30.8 Å². The van der Waals surface area contributed by atoms with Crippen LogP contribution in [0.25, 0.3) is 11.3 Å². The monoisotopic (exact) mass is 555 g/mol. The number of nitrogens with zero attached hydrogens (tertiary/aromatic N) is 4. The number of halogens is 5. The quantitative estimate of drug-likeness (QED) is 0.366. The molecule has 2 saturated heterocycles. The van der Waals surface area contributed by atoms with E-state index in [1.165, 1.54) is 28.6 Å². The lowest BCUT2D eigenvalue weighted by Gasteiger charge is -2.25. The van der Waals surface area contributed by atoms with E-state index < -0.39 is 39.8 Å². The van der Waals surface area contributed by atoms with E-state index in [0.29, 0.717) is 18.4 Å². The minimum absolute atomic E-state index is 0.0327. The van der Waals surface area contributed by atoms with Crippen molar-refractivity contribution in [2.45, 2.75) is 42.5 Å². The van der Waals surface area contributed by atoms with Crippen LogP contribution in [0.1, 0.15) is 24.2 Å². The summed E-state index contributed by atoms with van der Waals surface area (Å²) in [4.78, 5) is 23.7. The zero-order chi connectivity index (χ0) is 26.5. The Morgan fingerprint density at radius 3 is 2.38 bits per heavy atom. The number of pyridine rings is 1. The molecule has 1 saturated carbocycles. The second kappa shape index (κ2) is 9.30. The summed E-state index contributed by atoms with van der Waals surface area (Å²) in [5, 5.41) is 2.76. The highest BCUT2D eigenvalue weighted by atomic mass is 35.5. The van der Waals surface area contributed by atoms with Gasteiger partial charge in [-0.15, -0.1) is 0 Å². The van der Waals surface area contributed by atoms with Gasteiger partial charge in [-0.2, -0.15) is 17.5 Å². The van der Waals surface area contributed by atoms with E-state index in [0.717, 1.165) is 24.5 Å². The van der Waals surface area contributed by atoms with E-state index in [2.05, 4.69) is 20.3 Å². The maximum Gasteiger partial charge on any atom is 0.451 e. The Morgan fingerprint density at radius 1 is 1.11 bits per heavy atom. The summed E-state index contributed by atoms with van der Waals surface area (Å²) in [6, 6.07) is 6.20. The smallest absolute Gasteiger partial charge is 0.351 e. The molecule has 3 aromatic rings. The number of alkyl halides is 3. The lowest BCUT2D eigenvalue weighted by Crippen LogP contribution is -2.46. The van der Waals surface area contributed by atoms with Gasteiger partial charge in [0.15, 0.2) is 0 Å². The third kappa shape index (κ3) is 4.90. The highest BCUT2D eigenvalue weighted by Gasteiger charge is 2.58. The largest absolute Gasteiger partial charge is 0.451 e. The molecule has 8 nitrogen and oxygen atoms in total. The number of aromatic nitrogens is 3. The zero-order valence-corrected chi connectivity index (χ0v) is 20.4. The Bertz CT molecular complexity index is 1450. The summed E-state index contributed by atoms with van der Waals surface area (Å²) < 4.78 is 79.2. The van der Waals surface area contributed by atoms with Crippen LogP contribution in [0.15, 0.2) is 53.7 Å². The molecule has 14 heteroatoms. The molecule has 4 heterocycles. The second-order valence-electron chi connectivity index (χ2n) is 8.81. The fraction of sp³-hybridized carbons (Fsp3) is 0.304. The molecule has 1 aromatic carbocycles. The van der Waals surface area contributed by atoms with Gasteiger partial charge in [-0.05, 0) is 60.7 Å². The first-order valence-electron chi connectivity index (χ1n) is 11.1. The van der Waals surface area contributed by atoms with Crippen LogP contribution in [0.2, 0.25) is 5.15 Å². The standard InChI is InChI=1S/C23H18ClF4N5O3S/c24-19-6-12(5-18(32-19)14-10-30-22(31-11-14)23(26,27)28)9-29-21(34)20-13-7-16(8-13)33(20)37(35,36)17-3-1-15(25)2-4-17/h1-6,10-11,13,16,20H,7-9H2,(H,29,34)/t13?,16?,20-/m0/s1. The molecule has 194 valence electrons. The number of carbonyl (C=O) groups is 1. The van der Waals surface area contributed by atoms with Gasteiger partial charge in [0.05, 0.1) is 10.6 Å². The number of sulfonamides is 1. The molecular weight excluding hydrogens is 538 g/mol. The Kier molecular flexibility index (Phi) is 6.40. The maximum atomic E-state index is 13.3. The minimum atomic E-state index is -4.69. The Balaban J connectivity index is 1.32. The van der Waals surface area contributed by atoms with E-state index >= 15 is 0 Å². The van der Waals surface area contributed by atoms with Crippen LogP contribution < -0.4 is 5.32 Å². The molecule has 0 unspecified atom stereocenters. The van der Waals surface area contributed by atoms with Crippen LogP contribution >= 0.6 is 11.6 Å². The number of rotatable bonds is 6. The molecule has 2 aliphatic heterocycles. The lowest BCUT2D eigenvalue weighted by atomic mass is 9.83. The van der Waals surface area contributed by atoms with Gasteiger partial charge in [-0.3, -0.25) is 4.79 Å². The van der Waals surface area contributed by atoms with Gasteiger partial charge < -0.3 is 5.32 Å². The average molecular weight is 556 g/mol. The van der Waals surface area contributed by atoms with Crippen molar-refractivity contribution in [3.63, 3.8) is 0 Å². The van der Waals surface area contributed by atoms with Crippen molar-refractivity contribution < 1.29 is 30.8 Å². The van der Waals surface area contributed by atoms with Crippen LogP contribution in [-0.2, 0) is 27.5 Å². The van der Waals surface area contributed by atoms with Gasteiger partial charge in [0, 0.05) is 30.5 Å². The normalized spacial score (nSPS) is 21.5. The molecule has 1 atom stereocenters. The van der Waals surface area contributed by atoms with E-state index in [1.54, 1.807) is 0 Å². The maximum absolute atomic E-state index is 13.3. The second-order valence-corrected chi connectivity index (χ2v) is 11.0. The van der Waals surface area contributed by atoms with Gasteiger partial charge in [0.25, 0.3) is 0 Å². The Morgan fingerprint density at radius 2 is 1.76 bits per heavy atom. The third-order valence-electron chi connectivity index (χ3n) is 6.41. The van der Waals surface area contributed by atoms with Gasteiger partial charge in [-0.25, -0.2) is 27.8 Å². The van der Waals surface area contributed by atoms with E-state index in [-0.39, 0.29) is 39.8 Å². The van der Waals surface area contributed by atoms with E-state index in [4.69, 9.17) is 11.6 Å². The molecule has 6 rings (SSSR count). The van der Waals surface area contributed by atoms with Crippen LogP contribution in [0.4, 0.5) is 17.6 Å². The van der Waals surface area contributed by atoms with Crippen molar-refractivity contribution in [2.75, 3.05) is 0 Å².